The Morgan fingerprint density at radius 3 is 2.57 bits per heavy atom. The molecule has 0 radical (unpaired) electrons. The summed E-state index contributed by atoms with van der Waals surface area (Å²) >= 11 is 1.38. The van der Waals surface area contributed by atoms with E-state index in [0.29, 0.717) is 16.2 Å². The first-order valence-corrected chi connectivity index (χ1v) is 11.6. The van der Waals surface area contributed by atoms with Crippen molar-refractivity contribution < 1.29 is 13.2 Å². The molecule has 0 saturated heterocycles. The minimum absolute atomic E-state index is 0.239. The van der Waals surface area contributed by atoms with Gasteiger partial charge < -0.3 is 5.32 Å². The predicted molar refractivity (Wildman–Crippen MR) is 118 cm³/mol. The van der Waals surface area contributed by atoms with Crippen LogP contribution >= 0.6 is 11.3 Å². The van der Waals surface area contributed by atoms with Gasteiger partial charge in [-0.2, -0.15) is 0 Å². The van der Waals surface area contributed by atoms with Gasteiger partial charge in [-0.3, -0.25) is 9.10 Å². The topological polar surface area (TPSA) is 79.4 Å². The van der Waals surface area contributed by atoms with Crippen molar-refractivity contribution in [2.45, 2.75) is 11.3 Å². The second-order valence-corrected chi connectivity index (χ2v) is 9.93. The minimum atomic E-state index is -3.77. The zero-order valence-electron chi connectivity index (χ0n) is 15.8. The van der Waals surface area contributed by atoms with Crippen LogP contribution in [0.2, 0.25) is 0 Å². The molecule has 0 spiro atoms. The summed E-state index contributed by atoms with van der Waals surface area (Å²) in [5, 5.41) is 4.69. The number of carbonyl (C=O) groups excluding carboxylic acids is 1. The summed E-state index contributed by atoms with van der Waals surface area (Å²) in [7, 11) is -3.77. The molecule has 5 rings (SSSR count). The fraction of sp³-hybridized carbons (Fsp3) is 0.0909. The van der Waals surface area contributed by atoms with Gasteiger partial charge in [0, 0.05) is 22.9 Å². The van der Waals surface area contributed by atoms with Gasteiger partial charge in [0.25, 0.3) is 10.0 Å². The standard InChI is InChI=1S/C22H17N3O3S2/c26-20(24-22-23-13-17(29-22)12-15-6-2-1-3-7-15)14-25-18-10-4-8-16-9-5-11-19(21(16)18)30(25,27)28/h1-11,13H,12,14H2,(H,23,24,26). The molecule has 0 fully saturated rings. The Balaban J connectivity index is 1.34. The number of carbonyl (C=O) groups is 1. The van der Waals surface area contributed by atoms with E-state index in [2.05, 4.69) is 10.3 Å². The largest absolute Gasteiger partial charge is 0.300 e. The summed E-state index contributed by atoms with van der Waals surface area (Å²) < 4.78 is 27.2. The molecule has 3 aromatic carbocycles. The normalized spacial score (nSPS) is 14.2. The highest BCUT2D eigenvalue weighted by molar-refractivity contribution is 7.93. The zero-order valence-corrected chi connectivity index (χ0v) is 17.4. The van der Waals surface area contributed by atoms with Crippen LogP contribution in [0, 0.1) is 0 Å². The third-order valence-electron chi connectivity index (χ3n) is 4.99. The number of hydrogen-bond donors (Lipinski definition) is 1. The second-order valence-electron chi connectivity index (χ2n) is 6.99. The van der Waals surface area contributed by atoms with E-state index in [1.807, 2.05) is 42.5 Å². The average Bonchev–Trinajstić information content (AvgIpc) is 3.26. The maximum atomic E-state index is 13.0. The first-order valence-electron chi connectivity index (χ1n) is 9.35. The lowest BCUT2D eigenvalue weighted by molar-refractivity contribution is -0.114. The zero-order chi connectivity index (χ0) is 20.7. The molecule has 0 aliphatic carbocycles. The molecule has 0 atom stereocenters. The molecule has 0 unspecified atom stereocenters. The number of anilines is 2. The summed E-state index contributed by atoms with van der Waals surface area (Å²) in [6.45, 7) is -0.302. The average molecular weight is 436 g/mol. The van der Waals surface area contributed by atoms with Crippen molar-refractivity contribution in [2.24, 2.45) is 0 Å². The molecule has 8 heteroatoms. The molecule has 0 saturated carbocycles. The highest BCUT2D eigenvalue weighted by Crippen LogP contribution is 2.41. The summed E-state index contributed by atoms with van der Waals surface area (Å²) in [4.78, 5) is 18.2. The lowest BCUT2D eigenvalue weighted by Crippen LogP contribution is -2.35. The first kappa shape index (κ1) is 18.8. The van der Waals surface area contributed by atoms with Crippen molar-refractivity contribution in [1.29, 1.82) is 0 Å². The SMILES string of the molecule is O=C(CN1c2cccc3cccc(c23)S1(=O)=O)Nc1ncc(Cc2ccccc2)s1. The molecule has 4 aromatic rings. The summed E-state index contributed by atoms with van der Waals surface area (Å²) in [6, 6.07) is 20.5. The molecule has 0 bridgehead atoms. The van der Waals surface area contributed by atoms with Crippen molar-refractivity contribution >= 4 is 48.9 Å². The molecule has 1 aliphatic heterocycles. The van der Waals surface area contributed by atoms with Gasteiger partial charge >= 0.3 is 0 Å². The van der Waals surface area contributed by atoms with Gasteiger partial charge in [0.2, 0.25) is 5.91 Å². The third kappa shape index (κ3) is 3.24. The Bertz CT molecular complexity index is 1360. The van der Waals surface area contributed by atoms with Crippen LogP contribution in [0.1, 0.15) is 10.4 Å². The van der Waals surface area contributed by atoms with Gasteiger partial charge in [0.1, 0.15) is 6.54 Å². The van der Waals surface area contributed by atoms with Gasteiger partial charge in [0.05, 0.1) is 10.6 Å². The van der Waals surface area contributed by atoms with Crippen LogP contribution in [-0.4, -0.2) is 25.9 Å². The Hall–Kier alpha value is -3.23. The Morgan fingerprint density at radius 2 is 1.77 bits per heavy atom. The number of hydrogen-bond acceptors (Lipinski definition) is 5. The van der Waals surface area contributed by atoms with Crippen LogP contribution < -0.4 is 9.62 Å². The fourth-order valence-electron chi connectivity index (χ4n) is 3.66. The number of sulfonamides is 1. The number of nitrogens with zero attached hydrogens (tertiary/aromatic N) is 2. The van der Waals surface area contributed by atoms with E-state index < -0.39 is 15.9 Å². The van der Waals surface area contributed by atoms with Crippen molar-refractivity contribution in [3.05, 3.63) is 83.4 Å². The van der Waals surface area contributed by atoms with Gasteiger partial charge in [-0.1, -0.05) is 54.6 Å². The van der Waals surface area contributed by atoms with Crippen LogP contribution in [0.25, 0.3) is 10.8 Å². The molecule has 1 aliphatic rings. The summed E-state index contributed by atoms with van der Waals surface area (Å²) in [5.74, 6) is -0.427. The van der Waals surface area contributed by atoms with Crippen molar-refractivity contribution in [3.63, 3.8) is 0 Å². The first-order chi connectivity index (χ1) is 14.5. The lowest BCUT2D eigenvalue weighted by atomic mass is 10.1. The monoisotopic (exact) mass is 435 g/mol. The van der Waals surface area contributed by atoms with E-state index >= 15 is 0 Å². The van der Waals surface area contributed by atoms with E-state index in [4.69, 9.17) is 0 Å². The third-order valence-corrected chi connectivity index (χ3v) is 7.70. The smallest absolute Gasteiger partial charge is 0.265 e. The molecular weight excluding hydrogens is 418 g/mol. The highest BCUT2D eigenvalue weighted by Gasteiger charge is 2.36. The minimum Gasteiger partial charge on any atom is -0.300 e. The Morgan fingerprint density at radius 1 is 1.00 bits per heavy atom. The molecule has 6 nitrogen and oxygen atoms in total. The molecule has 150 valence electrons. The summed E-state index contributed by atoms with van der Waals surface area (Å²) in [5.41, 5.74) is 1.69. The van der Waals surface area contributed by atoms with E-state index in [-0.39, 0.29) is 11.4 Å². The highest BCUT2D eigenvalue weighted by atomic mass is 32.2. The maximum Gasteiger partial charge on any atom is 0.265 e. The van der Waals surface area contributed by atoms with Crippen LogP contribution in [0.4, 0.5) is 10.8 Å². The van der Waals surface area contributed by atoms with Gasteiger partial charge in [-0.15, -0.1) is 11.3 Å². The number of benzene rings is 3. The number of thiazole rings is 1. The maximum absolute atomic E-state index is 13.0. The molecule has 1 aromatic heterocycles. The van der Waals surface area contributed by atoms with Gasteiger partial charge in [-0.05, 0) is 23.1 Å². The lowest BCUT2D eigenvalue weighted by Gasteiger charge is -2.17. The van der Waals surface area contributed by atoms with Crippen LogP contribution in [0.5, 0.6) is 0 Å². The number of amides is 1. The van der Waals surface area contributed by atoms with Crippen molar-refractivity contribution in [3.8, 4) is 0 Å². The summed E-state index contributed by atoms with van der Waals surface area (Å²) in [6.07, 6.45) is 2.46. The molecular formula is C22H17N3O3S2. The van der Waals surface area contributed by atoms with E-state index in [9.17, 15) is 13.2 Å². The van der Waals surface area contributed by atoms with Crippen LogP contribution in [0.15, 0.2) is 77.8 Å². The van der Waals surface area contributed by atoms with Crippen molar-refractivity contribution in [1.82, 2.24) is 4.98 Å². The van der Waals surface area contributed by atoms with Crippen LogP contribution in [-0.2, 0) is 21.2 Å². The predicted octanol–water partition coefficient (Wildman–Crippen LogP) is 4.03. The second kappa shape index (κ2) is 7.23. The molecule has 2 heterocycles. The molecule has 1 N–H and O–H groups in total. The van der Waals surface area contributed by atoms with Crippen LogP contribution in [0.3, 0.4) is 0 Å². The Kier molecular flexibility index (Phi) is 4.52. The van der Waals surface area contributed by atoms with E-state index in [0.717, 1.165) is 22.2 Å². The number of aromatic nitrogens is 1. The van der Waals surface area contributed by atoms with Gasteiger partial charge in [0.15, 0.2) is 5.13 Å². The van der Waals surface area contributed by atoms with Gasteiger partial charge in [-0.25, -0.2) is 13.4 Å². The number of nitrogens with one attached hydrogen (secondary N) is 1. The molecule has 1 amide bonds. The van der Waals surface area contributed by atoms with E-state index in [1.54, 1.807) is 30.5 Å². The Labute approximate surface area is 177 Å². The van der Waals surface area contributed by atoms with E-state index in [1.165, 1.54) is 15.6 Å². The van der Waals surface area contributed by atoms with Crippen molar-refractivity contribution in [2.75, 3.05) is 16.2 Å². The molecule has 30 heavy (non-hydrogen) atoms. The fourth-order valence-corrected chi connectivity index (χ4v) is 6.19. The number of rotatable bonds is 5. The quantitative estimate of drug-likeness (QED) is 0.513.